The summed E-state index contributed by atoms with van der Waals surface area (Å²) in [6.45, 7) is 17.9. The van der Waals surface area contributed by atoms with E-state index in [0.717, 1.165) is 33.2 Å². The fraction of sp³-hybridized carbons (Fsp3) is 0.327. The smallest absolute Gasteiger partial charge is 0.269 e. The van der Waals surface area contributed by atoms with Gasteiger partial charge >= 0.3 is 0 Å². The zero-order valence-electron chi connectivity index (χ0n) is 43.3. The maximum absolute atomic E-state index is 9.18. The Hall–Kier alpha value is -5.06. The molecule has 0 radical (unpaired) electrons. The van der Waals surface area contributed by atoms with Crippen LogP contribution in [-0.2, 0) is 45.6 Å². The summed E-state index contributed by atoms with van der Waals surface area (Å²) in [6.07, 6.45) is 0.508. The molecule has 0 aliphatic heterocycles. The zero-order chi connectivity index (χ0) is 48.2. The van der Waals surface area contributed by atoms with Gasteiger partial charge in [-0.1, -0.05) is 134 Å². The Morgan fingerprint density at radius 3 is 2.12 bits per heavy atom. The summed E-state index contributed by atoms with van der Waals surface area (Å²) in [5.41, 5.74) is 3.91. The first kappa shape index (κ1) is 32.7. The number of rotatable bonds is 10. The van der Waals surface area contributed by atoms with Gasteiger partial charge in [-0.2, -0.15) is 18.2 Å². The summed E-state index contributed by atoms with van der Waals surface area (Å²) in [5, 5.41) is 2.03. The molecule has 4 aromatic carbocycles. The van der Waals surface area contributed by atoms with Gasteiger partial charge in [-0.05, 0) is 94.8 Å². The molecule has 4 heterocycles. The molecule has 0 saturated carbocycles. The average Bonchev–Trinajstić information content (AvgIpc) is 3.78. The van der Waals surface area contributed by atoms with Crippen molar-refractivity contribution in [2.75, 3.05) is 0 Å². The fourth-order valence-electron chi connectivity index (χ4n) is 7.26. The maximum atomic E-state index is 9.18. The Morgan fingerprint density at radius 1 is 0.729 bits per heavy atom. The predicted molar refractivity (Wildman–Crippen MR) is 237 cm³/mol. The van der Waals surface area contributed by atoms with Gasteiger partial charge in [0, 0.05) is 49.5 Å². The SMILES string of the molecule is [2H]C(C)(C)C([2H])([2H])c1cc(-[n+]2[c-]n(-c3[c-]c(Oc4[c-]c5c(cc4)c4ccccc4n5-c4cc(C(C)(C)C)ccn4)ccn3)c3cc(C([2H])([2H])C(C)(C)C)ccc32)cc(C([2H])([2H])C([2H])(C)C)c1.[Pt]. The number of para-hydroxylation sites is 1. The van der Waals surface area contributed by atoms with Gasteiger partial charge in [0.25, 0.3) is 6.33 Å². The Morgan fingerprint density at radius 2 is 1.42 bits per heavy atom. The molecule has 0 unspecified atom stereocenters. The van der Waals surface area contributed by atoms with Crippen molar-refractivity contribution in [2.24, 2.45) is 17.2 Å². The predicted octanol–water partition coefficient (Wildman–Crippen LogP) is 12.3. The van der Waals surface area contributed by atoms with Crippen LogP contribution in [0.3, 0.4) is 0 Å². The van der Waals surface area contributed by atoms with Crippen molar-refractivity contribution >= 4 is 32.8 Å². The molecular formula is C52H55N5OPt-2. The van der Waals surface area contributed by atoms with Gasteiger partial charge in [-0.25, -0.2) is 4.98 Å². The van der Waals surface area contributed by atoms with Crippen molar-refractivity contribution in [1.82, 2.24) is 19.1 Å². The van der Waals surface area contributed by atoms with Gasteiger partial charge in [0.05, 0.1) is 22.5 Å². The van der Waals surface area contributed by atoms with Crippen LogP contribution in [0.15, 0.2) is 103 Å². The zero-order valence-corrected chi connectivity index (χ0v) is 37.5. The van der Waals surface area contributed by atoms with E-state index in [0.29, 0.717) is 33.8 Å². The number of ether oxygens (including phenoxy) is 1. The van der Waals surface area contributed by atoms with E-state index in [1.165, 1.54) is 33.8 Å². The third-order valence-electron chi connectivity index (χ3n) is 9.63. The Labute approximate surface area is 375 Å². The summed E-state index contributed by atoms with van der Waals surface area (Å²) >= 11 is 0. The minimum absolute atomic E-state index is 0. The van der Waals surface area contributed by atoms with Crippen LogP contribution in [-0.4, -0.2) is 19.1 Å². The summed E-state index contributed by atoms with van der Waals surface area (Å²) < 4.78 is 84.0. The molecule has 4 aromatic heterocycles. The minimum atomic E-state index is -2.24. The molecule has 8 rings (SSSR count). The van der Waals surface area contributed by atoms with Gasteiger partial charge in [0.15, 0.2) is 0 Å². The van der Waals surface area contributed by atoms with Gasteiger partial charge in [-0.15, -0.1) is 17.5 Å². The maximum Gasteiger partial charge on any atom is 0.269 e. The third-order valence-corrected chi connectivity index (χ3v) is 9.63. The van der Waals surface area contributed by atoms with Gasteiger partial charge in [0.2, 0.25) is 0 Å². The summed E-state index contributed by atoms with van der Waals surface area (Å²) in [7, 11) is 0. The van der Waals surface area contributed by atoms with Crippen LogP contribution in [0, 0.1) is 35.7 Å². The number of fused-ring (bicyclic) bond motifs is 4. The van der Waals surface area contributed by atoms with Crippen LogP contribution >= 0.6 is 0 Å². The Bertz CT molecular complexity index is 3120. The molecular weight excluding hydrogens is 906 g/mol. The van der Waals surface area contributed by atoms with Gasteiger partial charge in [-0.3, -0.25) is 14.1 Å². The van der Waals surface area contributed by atoms with E-state index in [2.05, 4.69) is 67.0 Å². The molecule has 0 fully saturated rings. The second kappa shape index (κ2) is 16.5. The molecule has 0 amide bonds. The van der Waals surface area contributed by atoms with E-state index in [1.54, 1.807) is 51.7 Å². The normalized spacial score (nSPS) is 15.4. The molecule has 0 aliphatic carbocycles. The Balaban J connectivity index is 0.00000666. The molecule has 0 N–H and O–H groups in total. The molecule has 7 heteroatoms. The molecule has 0 bridgehead atoms. The first-order valence-electron chi connectivity index (χ1n) is 23.7. The second-order valence-corrected chi connectivity index (χ2v) is 17.3. The molecule has 0 saturated heterocycles. The summed E-state index contributed by atoms with van der Waals surface area (Å²) in [6, 6.07) is 34.4. The second-order valence-electron chi connectivity index (χ2n) is 17.3. The molecule has 0 aliphatic rings. The largest absolute Gasteiger partial charge is 0.522 e. The summed E-state index contributed by atoms with van der Waals surface area (Å²) in [5.74, 6) is -1.48. The number of nitrogens with zero attached hydrogens (tertiary/aromatic N) is 5. The standard InChI is InChI=1S/C52H55N5O.Pt/c1-34(2)23-37-25-38(24-35(3)4)27-40(26-37)55-33-56(48-28-36(15-18-46(48)55)32-51(5,6)7)49-31-42(20-22-53-49)58-41-16-17-44-43-13-11-12-14-45(43)57(47(44)30-41)50-29-39(19-21-54-50)52(8,9)10;/h11-22,25-29,34-35H,23-24,32H2,1-10H3;/q-2;/i23D2,24D2,32D2,34D,35D;. The third kappa shape index (κ3) is 9.09. The van der Waals surface area contributed by atoms with Crippen molar-refractivity contribution in [2.45, 2.75) is 93.8 Å². The van der Waals surface area contributed by atoms with Crippen molar-refractivity contribution < 1.29 is 41.3 Å². The van der Waals surface area contributed by atoms with Crippen LogP contribution in [0.2, 0.25) is 0 Å². The van der Waals surface area contributed by atoms with Gasteiger partial charge in [0.1, 0.15) is 5.82 Å². The van der Waals surface area contributed by atoms with E-state index < -0.39 is 36.3 Å². The topological polar surface area (TPSA) is 48.8 Å². The average molecular weight is 969 g/mol. The molecule has 8 aromatic rings. The molecule has 0 spiro atoms. The minimum Gasteiger partial charge on any atom is -0.522 e. The van der Waals surface area contributed by atoms with Crippen LogP contribution in [0.4, 0.5) is 0 Å². The van der Waals surface area contributed by atoms with Crippen LogP contribution in [0.1, 0.15) is 102 Å². The number of hydrogen-bond acceptors (Lipinski definition) is 3. The van der Waals surface area contributed by atoms with Crippen LogP contribution < -0.4 is 9.30 Å². The van der Waals surface area contributed by atoms with Gasteiger partial charge < -0.3 is 9.30 Å². The van der Waals surface area contributed by atoms with E-state index in [-0.39, 0.29) is 43.4 Å². The monoisotopic (exact) mass is 968 g/mol. The quantitative estimate of drug-likeness (QED) is 0.101. The van der Waals surface area contributed by atoms with Crippen molar-refractivity contribution in [3.05, 3.63) is 144 Å². The first-order chi connectivity index (χ1) is 30.5. The number of benzene rings is 4. The van der Waals surface area contributed by atoms with Crippen molar-refractivity contribution in [1.29, 1.82) is 0 Å². The first-order valence-corrected chi connectivity index (χ1v) is 19.7. The fourth-order valence-corrected chi connectivity index (χ4v) is 7.26. The number of hydrogen-bond donors (Lipinski definition) is 0. The number of aromatic nitrogens is 5. The molecule has 306 valence electrons. The van der Waals surface area contributed by atoms with Crippen LogP contribution in [0.5, 0.6) is 11.5 Å². The van der Waals surface area contributed by atoms with Crippen molar-refractivity contribution in [3.63, 3.8) is 0 Å². The van der Waals surface area contributed by atoms with E-state index >= 15 is 0 Å². The van der Waals surface area contributed by atoms with Crippen LogP contribution in [0.25, 0.3) is 50.2 Å². The number of pyridine rings is 2. The molecule has 0 atom stereocenters. The van der Waals surface area contributed by atoms with E-state index in [4.69, 9.17) is 17.9 Å². The summed E-state index contributed by atoms with van der Waals surface area (Å²) in [4.78, 5) is 9.48. The Kier molecular flexibility index (Phi) is 9.18. The van der Waals surface area contributed by atoms with E-state index in [1.807, 2.05) is 57.3 Å². The molecule has 6 nitrogen and oxygen atoms in total. The van der Waals surface area contributed by atoms with Crippen molar-refractivity contribution in [3.8, 4) is 28.8 Å². The van der Waals surface area contributed by atoms with E-state index in [9.17, 15) is 2.74 Å². The molecule has 59 heavy (non-hydrogen) atoms. The number of imidazole rings is 1.